The molecular formula is C46H78O18. The highest BCUT2D eigenvalue weighted by Crippen LogP contribution is 2.89. The maximum absolute atomic E-state index is 12.1. The fraction of sp³-hybridized carbons (Fsp3) is 1.00. The van der Waals surface area contributed by atoms with Crippen LogP contribution in [0.1, 0.15) is 106 Å². The Balaban J connectivity index is 0.856. The number of hydrogen-bond donors (Lipinski definition) is 12. The van der Waals surface area contributed by atoms with Gasteiger partial charge in [-0.1, -0.05) is 34.6 Å². The van der Waals surface area contributed by atoms with Crippen LogP contribution in [0.2, 0.25) is 0 Å². The zero-order valence-corrected chi connectivity index (χ0v) is 38.5. The minimum absolute atomic E-state index is 0.0556. The molecule has 64 heavy (non-hydrogen) atoms. The van der Waals surface area contributed by atoms with Gasteiger partial charge in [0.1, 0.15) is 54.4 Å². The van der Waals surface area contributed by atoms with Crippen molar-refractivity contribution < 1.29 is 89.7 Å². The van der Waals surface area contributed by atoms with Crippen LogP contribution in [-0.2, 0) is 28.4 Å². The Morgan fingerprint density at radius 3 is 2.11 bits per heavy atom. The number of aliphatic hydroxyl groups excluding tert-OH is 11. The first kappa shape index (κ1) is 49.7. The van der Waals surface area contributed by atoms with E-state index < -0.39 is 130 Å². The third-order valence-corrected chi connectivity index (χ3v) is 19.4. The molecule has 8 rings (SSSR count). The second-order valence-corrected chi connectivity index (χ2v) is 23.1. The fourth-order valence-corrected chi connectivity index (χ4v) is 15.2. The third-order valence-electron chi connectivity index (χ3n) is 19.4. The van der Waals surface area contributed by atoms with E-state index in [-0.39, 0.29) is 44.8 Å². The summed E-state index contributed by atoms with van der Waals surface area (Å²) in [5.41, 5.74) is -4.29. The van der Waals surface area contributed by atoms with E-state index in [2.05, 4.69) is 34.6 Å². The summed E-state index contributed by atoms with van der Waals surface area (Å²) in [6.45, 7) is 12.2. The van der Waals surface area contributed by atoms with Crippen molar-refractivity contribution in [2.24, 2.45) is 50.7 Å². The number of ether oxygens (including phenoxy) is 6. The lowest BCUT2D eigenvalue weighted by Gasteiger charge is -2.65. The van der Waals surface area contributed by atoms with E-state index in [0.29, 0.717) is 31.6 Å². The van der Waals surface area contributed by atoms with Crippen LogP contribution in [-0.4, -0.2) is 191 Å². The average molecular weight is 919 g/mol. The minimum atomic E-state index is -1.98. The van der Waals surface area contributed by atoms with Crippen LogP contribution in [0.15, 0.2) is 0 Å². The van der Waals surface area contributed by atoms with Gasteiger partial charge in [0.05, 0.1) is 56.4 Å². The van der Waals surface area contributed by atoms with Crippen molar-refractivity contribution in [3.05, 3.63) is 0 Å². The molecule has 370 valence electrons. The van der Waals surface area contributed by atoms with Gasteiger partial charge in [0.2, 0.25) is 0 Å². The molecule has 0 aromatic heterocycles. The summed E-state index contributed by atoms with van der Waals surface area (Å²) in [6.07, 6.45) is -13.1. The lowest BCUT2D eigenvalue weighted by atomic mass is 9.40. The fourth-order valence-electron chi connectivity index (χ4n) is 15.2. The summed E-state index contributed by atoms with van der Waals surface area (Å²) in [4.78, 5) is 0. The molecule has 0 bridgehead atoms. The summed E-state index contributed by atoms with van der Waals surface area (Å²) in [5.74, 6) is 0.652. The SMILES string of the molecule is C[C@H](CC[C@H](O)C(C)(C)O[C@@H]1O[C@H](CO)[C@@H](O[C@@H]2OC[C@@H](O[C@@H]3OC[C@](O)(CO)[C@H]3O)[C@H](O)[C@H]2O)[C@H](O)[C@H]1O)[C@H]1CC[C@@]2(C)[C@@H]3[C@@H](O)C[C@H]4C(C)(C)[C@@H](O)C[C@H](O)[C@@]45C[C@@]35CC[C@]12C. The van der Waals surface area contributed by atoms with Crippen molar-refractivity contribution in [2.45, 2.75) is 210 Å². The average Bonchev–Trinajstić information content (AvgIpc) is 3.73. The molecular weight excluding hydrogens is 840 g/mol. The van der Waals surface area contributed by atoms with Crippen LogP contribution in [0.3, 0.4) is 0 Å². The van der Waals surface area contributed by atoms with Gasteiger partial charge in [-0.05, 0) is 111 Å². The van der Waals surface area contributed by atoms with Crippen LogP contribution in [0, 0.1) is 50.7 Å². The molecule has 12 N–H and O–H groups in total. The summed E-state index contributed by atoms with van der Waals surface area (Å²) in [7, 11) is 0. The van der Waals surface area contributed by atoms with Crippen molar-refractivity contribution in [1.82, 2.24) is 0 Å². The summed E-state index contributed by atoms with van der Waals surface area (Å²) >= 11 is 0. The maximum atomic E-state index is 12.1. The van der Waals surface area contributed by atoms with Crippen LogP contribution in [0.5, 0.6) is 0 Å². The van der Waals surface area contributed by atoms with Gasteiger partial charge >= 0.3 is 0 Å². The Morgan fingerprint density at radius 2 is 1.45 bits per heavy atom. The third kappa shape index (κ3) is 7.33. The van der Waals surface area contributed by atoms with Gasteiger partial charge in [-0.25, -0.2) is 0 Å². The molecule has 18 heteroatoms. The predicted octanol–water partition coefficient (Wildman–Crippen LogP) is -0.971. The number of hydrogen-bond acceptors (Lipinski definition) is 18. The Bertz CT molecular complexity index is 1670. The highest BCUT2D eigenvalue weighted by atomic mass is 16.8. The molecule has 0 aromatic carbocycles. The van der Waals surface area contributed by atoms with Crippen LogP contribution in [0.4, 0.5) is 0 Å². The van der Waals surface area contributed by atoms with Gasteiger partial charge in [-0.15, -0.1) is 0 Å². The highest BCUT2D eigenvalue weighted by molar-refractivity contribution is 5.34. The lowest BCUT2D eigenvalue weighted by molar-refractivity contribution is -0.366. The number of fused-ring (bicyclic) bond motifs is 2. The van der Waals surface area contributed by atoms with Crippen molar-refractivity contribution >= 4 is 0 Å². The van der Waals surface area contributed by atoms with Gasteiger partial charge < -0.3 is 89.7 Å². The molecule has 0 aromatic rings. The molecule has 0 amide bonds. The first-order chi connectivity index (χ1) is 29.8. The Morgan fingerprint density at radius 1 is 0.766 bits per heavy atom. The zero-order valence-electron chi connectivity index (χ0n) is 38.5. The van der Waals surface area contributed by atoms with Crippen LogP contribution < -0.4 is 0 Å². The molecule has 8 aliphatic rings. The lowest BCUT2D eigenvalue weighted by Crippen LogP contribution is -2.64. The second-order valence-electron chi connectivity index (χ2n) is 23.1. The van der Waals surface area contributed by atoms with Crippen LogP contribution >= 0.6 is 0 Å². The normalized spacial score (nSPS) is 54.3. The summed E-state index contributed by atoms with van der Waals surface area (Å²) in [6, 6.07) is 0. The van der Waals surface area contributed by atoms with E-state index >= 15 is 0 Å². The molecule has 2 spiro atoms. The number of rotatable bonds is 13. The van der Waals surface area contributed by atoms with Crippen molar-refractivity contribution in [3.8, 4) is 0 Å². The second kappa shape index (κ2) is 17.0. The Labute approximate surface area is 375 Å². The minimum Gasteiger partial charge on any atom is -0.394 e. The van der Waals surface area contributed by atoms with E-state index in [1.54, 1.807) is 13.8 Å². The number of aliphatic hydroxyl groups is 12. The molecule has 5 saturated carbocycles. The smallest absolute Gasteiger partial charge is 0.187 e. The Kier molecular flexibility index (Phi) is 13.2. The summed E-state index contributed by atoms with van der Waals surface area (Å²) in [5, 5.41) is 131. The largest absolute Gasteiger partial charge is 0.394 e. The van der Waals surface area contributed by atoms with Crippen molar-refractivity contribution in [2.75, 3.05) is 26.4 Å². The zero-order chi connectivity index (χ0) is 46.9. The highest BCUT2D eigenvalue weighted by Gasteiger charge is 2.86. The van der Waals surface area contributed by atoms with E-state index in [0.717, 1.165) is 32.1 Å². The molecule has 0 unspecified atom stereocenters. The van der Waals surface area contributed by atoms with E-state index in [4.69, 9.17) is 28.4 Å². The molecule has 24 atom stereocenters. The summed E-state index contributed by atoms with van der Waals surface area (Å²) < 4.78 is 34.2. The molecule has 18 nitrogen and oxygen atoms in total. The standard InChI is InChI=1S/C46H78O18/c1-21(22-10-11-43(7)35-23(49)14-26-40(2,3)28(51)15-29(52)46(26)18-44(35,46)13-12-42(22,43)6)8-9-27(50)41(4,5)64-38-33(56)31(54)34(24(16-47)61-38)63-37-32(55)30(53)25(17-59-37)62-39-36(57)45(58,19-48)20-60-39/h21-39,47-58H,8-20H2,1-7H3/t21-,22-,23+,24-,25-,26+,27+,28+,29+,30+,31-,32-,33-,34-,35+,36+,37+,38+,39+,42-,43+,44+,45-,46-/m1/s1. The predicted molar refractivity (Wildman–Crippen MR) is 222 cm³/mol. The molecule has 5 aliphatic carbocycles. The monoisotopic (exact) mass is 919 g/mol. The quantitative estimate of drug-likeness (QED) is 0.106. The Hall–Kier alpha value is -0.720. The van der Waals surface area contributed by atoms with Gasteiger partial charge in [0, 0.05) is 11.8 Å². The first-order valence-electron chi connectivity index (χ1n) is 23.7. The van der Waals surface area contributed by atoms with Gasteiger partial charge in [-0.2, -0.15) is 0 Å². The molecule has 3 saturated heterocycles. The van der Waals surface area contributed by atoms with E-state index in [1.165, 1.54) is 0 Å². The van der Waals surface area contributed by atoms with Gasteiger partial charge in [0.25, 0.3) is 0 Å². The molecule has 0 radical (unpaired) electrons. The topological polar surface area (TPSA) is 298 Å². The molecule has 3 heterocycles. The van der Waals surface area contributed by atoms with Gasteiger partial charge in [0.15, 0.2) is 18.9 Å². The van der Waals surface area contributed by atoms with E-state index in [9.17, 15) is 61.3 Å². The molecule has 8 fully saturated rings. The van der Waals surface area contributed by atoms with Crippen molar-refractivity contribution in [1.29, 1.82) is 0 Å². The van der Waals surface area contributed by atoms with E-state index in [1.807, 2.05) is 0 Å². The molecule has 3 aliphatic heterocycles. The van der Waals surface area contributed by atoms with Gasteiger partial charge in [-0.3, -0.25) is 0 Å². The maximum Gasteiger partial charge on any atom is 0.187 e. The first-order valence-corrected chi connectivity index (χ1v) is 23.7. The van der Waals surface area contributed by atoms with Crippen molar-refractivity contribution in [3.63, 3.8) is 0 Å². The van der Waals surface area contributed by atoms with Crippen LogP contribution in [0.25, 0.3) is 0 Å².